The van der Waals surface area contributed by atoms with Crippen LogP contribution in [0, 0.1) is 0 Å². The Morgan fingerprint density at radius 1 is 1.50 bits per heavy atom. The van der Waals surface area contributed by atoms with E-state index >= 15 is 0 Å². The minimum atomic E-state index is -0.225. The largest absolute Gasteiger partial charge is 0.508 e. The van der Waals surface area contributed by atoms with Gasteiger partial charge in [0.25, 0.3) is 0 Å². The minimum Gasteiger partial charge on any atom is -0.508 e. The maximum absolute atomic E-state index is 11.3. The molecule has 0 spiro atoms. The van der Waals surface area contributed by atoms with Gasteiger partial charge in [-0.25, -0.2) is 0 Å². The summed E-state index contributed by atoms with van der Waals surface area (Å²) in [4.78, 5) is 11.3. The molecule has 1 heterocycles. The van der Waals surface area contributed by atoms with Gasteiger partial charge in [0.2, 0.25) is 0 Å². The maximum atomic E-state index is 11.3. The molecule has 2 rings (SSSR count). The van der Waals surface area contributed by atoms with Gasteiger partial charge in [-0.2, -0.15) is 0 Å². The van der Waals surface area contributed by atoms with Crippen LogP contribution in [0.3, 0.4) is 0 Å². The first-order valence-corrected chi connectivity index (χ1v) is 5.33. The Labute approximate surface area is 94.2 Å². The molecule has 0 aromatic heterocycles. The molecule has 1 aliphatic rings. The average Bonchev–Trinajstić information content (AvgIpc) is 2.77. The predicted octanol–water partition coefficient (Wildman–Crippen LogP) is 1.36. The van der Waals surface area contributed by atoms with E-state index in [4.69, 9.17) is 4.74 Å². The number of phenolic OH excluding ortho intramolecular Hbond substituents is 1. The number of hydrogen-bond donors (Lipinski definition) is 2. The molecule has 1 aromatic carbocycles. The van der Waals surface area contributed by atoms with Crippen LogP contribution in [0.25, 0.3) is 0 Å². The zero-order valence-corrected chi connectivity index (χ0v) is 9.14. The molecular formula is C12H15NO3. The Bertz CT molecular complexity index is 392. The van der Waals surface area contributed by atoms with E-state index in [0.717, 1.165) is 18.4 Å². The smallest absolute Gasteiger partial charge is 0.322 e. The summed E-state index contributed by atoms with van der Waals surface area (Å²) >= 11 is 0. The Morgan fingerprint density at radius 3 is 3.00 bits per heavy atom. The zero-order chi connectivity index (χ0) is 11.5. The van der Waals surface area contributed by atoms with Crippen LogP contribution in [-0.4, -0.2) is 24.2 Å². The number of phenols is 1. The van der Waals surface area contributed by atoms with Gasteiger partial charge in [0.1, 0.15) is 11.8 Å². The van der Waals surface area contributed by atoms with Crippen LogP contribution in [0.5, 0.6) is 5.75 Å². The molecule has 1 aromatic rings. The third kappa shape index (κ3) is 2.17. The molecule has 2 unspecified atom stereocenters. The quantitative estimate of drug-likeness (QED) is 0.740. The van der Waals surface area contributed by atoms with Crippen molar-refractivity contribution in [2.45, 2.75) is 24.9 Å². The molecule has 1 fully saturated rings. The molecule has 2 atom stereocenters. The number of methoxy groups -OCH3 is 1. The van der Waals surface area contributed by atoms with Gasteiger partial charge in [-0.3, -0.25) is 10.1 Å². The third-order valence-electron chi connectivity index (χ3n) is 2.90. The highest BCUT2D eigenvalue weighted by atomic mass is 16.5. The van der Waals surface area contributed by atoms with Crippen molar-refractivity contribution in [3.8, 4) is 5.75 Å². The van der Waals surface area contributed by atoms with E-state index in [2.05, 4.69) is 5.32 Å². The van der Waals surface area contributed by atoms with Crippen molar-refractivity contribution in [1.82, 2.24) is 5.32 Å². The number of nitrogens with one attached hydrogen (secondary N) is 1. The number of carbonyl (C=O) groups is 1. The second-order valence-corrected chi connectivity index (χ2v) is 3.97. The molecule has 4 heteroatoms. The van der Waals surface area contributed by atoms with Gasteiger partial charge in [0.05, 0.1) is 7.11 Å². The summed E-state index contributed by atoms with van der Waals surface area (Å²) in [6.45, 7) is 0. The number of rotatable bonds is 2. The average molecular weight is 221 g/mol. The molecule has 0 amide bonds. The second kappa shape index (κ2) is 4.53. The fourth-order valence-electron chi connectivity index (χ4n) is 2.08. The minimum absolute atomic E-state index is 0.121. The van der Waals surface area contributed by atoms with Gasteiger partial charge >= 0.3 is 5.97 Å². The molecule has 16 heavy (non-hydrogen) atoms. The Kier molecular flexibility index (Phi) is 3.10. The number of ether oxygens (including phenoxy) is 1. The second-order valence-electron chi connectivity index (χ2n) is 3.97. The van der Waals surface area contributed by atoms with Crippen molar-refractivity contribution in [1.29, 1.82) is 0 Å². The van der Waals surface area contributed by atoms with E-state index < -0.39 is 0 Å². The van der Waals surface area contributed by atoms with Crippen molar-refractivity contribution in [2.24, 2.45) is 0 Å². The van der Waals surface area contributed by atoms with Crippen molar-refractivity contribution in [3.05, 3.63) is 29.8 Å². The number of hydrogen-bond acceptors (Lipinski definition) is 4. The molecule has 4 nitrogen and oxygen atoms in total. The first kappa shape index (κ1) is 11.0. The zero-order valence-electron chi connectivity index (χ0n) is 9.14. The summed E-state index contributed by atoms with van der Waals surface area (Å²) in [6, 6.07) is 7.00. The van der Waals surface area contributed by atoms with E-state index in [1.54, 1.807) is 18.2 Å². The Hall–Kier alpha value is -1.55. The molecule has 0 radical (unpaired) electrons. The van der Waals surface area contributed by atoms with Gasteiger partial charge in [-0.05, 0) is 30.5 Å². The van der Waals surface area contributed by atoms with E-state index in [9.17, 15) is 9.90 Å². The van der Waals surface area contributed by atoms with Crippen LogP contribution >= 0.6 is 0 Å². The fraction of sp³-hybridized carbons (Fsp3) is 0.417. The number of carbonyl (C=O) groups excluding carboxylic acids is 1. The van der Waals surface area contributed by atoms with Gasteiger partial charge < -0.3 is 9.84 Å². The van der Waals surface area contributed by atoms with E-state index in [1.807, 2.05) is 6.07 Å². The fourth-order valence-corrected chi connectivity index (χ4v) is 2.08. The Morgan fingerprint density at radius 2 is 2.31 bits per heavy atom. The third-order valence-corrected chi connectivity index (χ3v) is 2.90. The normalized spacial score (nSPS) is 24.3. The first-order chi connectivity index (χ1) is 7.70. The molecule has 0 saturated carbocycles. The summed E-state index contributed by atoms with van der Waals surface area (Å²) in [7, 11) is 1.39. The maximum Gasteiger partial charge on any atom is 0.322 e. The van der Waals surface area contributed by atoms with Gasteiger partial charge in [0, 0.05) is 6.04 Å². The van der Waals surface area contributed by atoms with Crippen molar-refractivity contribution in [2.75, 3.05) is 7.11 Å². The molecular weight excluding hydrogens is 206 g/mol. The summed E-state index contributed by atoms with van der Waals surface area (Å²) in [6.07, 6.45) is 1.65. The number of benzene rings is 1. The lowest BCUT2D eigenvalue weighted by Gasteiger charge is -2.13. The highest BCUT2D eigenvalue weighted by Crippen LogP contribution is 2.28. The van der Waals surface area contributed by atoms with Crippen molar-refractivity contribution >= 4 is 5.97 Å². The van der Waals surface area contributed by atoms with Crippen molar-refractivity contribution in [3.63, 3.8) is 0 Å². The van der Waals surface area contributed by atoms with Crippen LogP contribution in [0.2, 0.25) is 0 Å². The number of aromatic hydroxyl groups is 1. The number of esters is 1. The van der Waals surface area contributed by atoms with Gasteiger partial charge in [-0.1, -0.05) is 12.1 Å². The van der Waals surface area contributed by atoms with E-state index in [1.165, 1.54) is 7.11 Å². The molecule has 2 N–H and O–H groups in total. The monoisotopic (exact) mass is 221 g/mol. The predicted molar refractivity (Wildman–Crippen MR) is 59.0 cm³/mol. The summed E-state index contributed by atoms with van der Waals surface area (Å²) in [5, 5.41) is 12.6. The summed E-state index contributed by atoms with van der Waals surface area (Å²) < 4.78 is 4.69. The van der Waals surface area contributed by atoms with Crippen LogP contribution in [0.15, 0.2) is 24.3 Å². The highest BCUT2D eigenvalue weighted by molar-refractivity contribution is 5.76. The van der Waals surface area contributed by atoms with Crippen molar-refractivity contribution < 1.29 is 14.6 Å². The molecule has 0 bridgehead atoms. The first-order valence-electron chi connectivity index (χ1n) is 5.33. The Balaban J connectivity index is 2.06. The van der Waals surface area contributed by atoms with Crippen LogP contribution < -0.4 is 5.32 Å². The lowest BCUT2D eigenvalue weighted by Crippen LogP contribution is -2.33. The van der Waals surface area contributed by atoms with Gasteiger partial charge in [-0.15, -0.1) is 0 Å². The van der Waals surface area contributed by atoms with Crippen LogP contribution in [0.4, 0.5) is 0 Å². The lowest BCUT2D eigenvalue weighted by molar-refractivity contribution is -0.142. The van der Waals surface area contributed by atoms with E-state index in [-0.39, 0.29) is 23.8 Å². The van der Waals surface area contributed by atoms with E-state index in [0.29, 0.717) is 0 Å². The summed E-state index contributed by atoms with van der Waals surface area (Å²) in [5.41, 5.74) is 1.01. The lowest BCUT2D eigenvalue weighted by atomic mass is 10.1. The highest BCUT2D eigenvalue weighted by Gasteiger charge is 2.30. The molecule has 86 valence electrons. The van der Waals surface area contributed by atoms with Crippen LogP contribution in [0.1, 0.15) is 24.4 Å². The molecule has 1 saturated heterocycles. The molecule has 1 aliphatic heterocycles. The standard InChI is InChI=1S/C12H15NO3/c1-16-12(15)11-6-5-10(13-11)8-3-2-4-9(14)7-8/h2-4,7,10-11,13-14H,5-6H2,1H3. The topological polar surface area (TPSA) is 58.6 Å². The van der Waals surface area contributed by atoms with Crippen LogP contribution in [-0.2, 0) is 9.53 Å². The molecule has 0 aliphatic carbocycles. The SMILES string of the molecule is COC(=O)C1CCC(c2cccc(O)c2)N1. The summed E-state index contributed by atoms with van der Waals surface area (Å²) in [5.74, 6) is 0.0310. The van der Waals surface area contributed by atoms with Gasteiger partial charge in [0.15, 0.2) is 0 Å².